The quantitative estimate of drug-likeness (QED) is 0.365. The van der Waals surface area contributed by atoms with Crippen molar-refractivity contribution in [3.8, 4) is 0 Å². The van der Waals surface area contributed by atoms with Crippen LogP contribution in [-0.2, 0) is 24.2 Å². The van der Waals surface area contributed by atoms with Gasteiger partial charge in [0.2, 0.25) is 5.91 Å². The molecule has 0 spiro atoms. The van der Waals surface area contributed by atoms with Gasteiger partial charge in [-0.1, -0.05) is 25.1 Å². The van der Waals surface area contributed by atoms with E-state index < -0.39 is 0 Å². The van der Waals surface area contributed by atoms with Crippen LogP contribution in [0.15, 0.2) is 35.5 Å². The van der Waals surface area contributed by atoms with Crippen LogP contribution < -0.4 is 15.5 Å². The number of benzene rings is 1. The molecule has 0 unspecified atom stereocenters. The zero-order valence-corrected chi connectivity index (χ0v) is 18.8. The number of fused-ring (bicyclic) bond motifs is 1. The number of hydrogen-bond donors (Lipinski definition) is 2. The molecule has 1 aliphatic rings. The van der Waals surface area contributed by atoms with E-state index in [1.165, 1.54) is 10.4 Å². The second-order valence-corrected chi connectivity index (χ2v) is 7.25. The van der Waals surface area contributed by atoms with Crippen LogP contribution in [0.4, 0.5) is 5.69 Å². The summed E-state index contributed by atoms with van der Waals surface area (Å²) in [6, 6.07) is 8.07. The number of amides is 1. The number of nitrogens with one attached hydrogen (secondary N) is 2. The monoisotopic (exact) mass is 499 g/mol. The number of aliphatic imine (C=N–C) groups is 1. The van der Waals surface area contributed by atoms with Gasteiger partial charge in [-0.3, -0.25) is 4.79 Å². The first-order valence-electron chi connectivity index (χ1n) is 9.05. The number of carbonyl (C=O) groups excluding carboxylic acids is 1. The summed E-state index contributed by atoms with van der Waals surface area (Å²) in [4.78, 5) is 24.5. The highest BCUT2D eigenvalue weighted by molar-refractivity contribution is 14.0. The first kappa shape index (κ1) is 21.6. The fourth-order valence-corrected chi connectivity index (χ4v) is 3.73. The molecule has 2 N–H and O–H groups in total. The molecule has 0 atom stereocenters. The van der Waals surface area contributed by atoms with Crippen molar-refractivity contribution in [2.75, 3.05) is 24.5 Å². The summed E-state index contributed by atoms with van der Waals surface area (Å²) in [7, 11) is 0. The summed E-state index contributed by atoms with van der Waals surface area (Å²) in [5, 5.41) is 7.46. The minimum Gasteiger partial charge on any atom is -0.357 e. The van der Waals surface area contributed by atoms with Crippen molar-refractivity contribution in [2.45, 2.75) is 33.2 Å². The highest BCUT2D eigenvalue weighted by Crippen LogP contribution is 2.27. The van der Waals surface area contributed by atoms with Crippen LogP contribution in [-0.4, -0.2) is 36.5 Å². The van der Waals surface area contributed by atoms with Crippen LogP contribution in [0.5, 0.6) is 0 Å². The maximum Gasteiger partial charge on any atom is 0.248 e. The molecule has 6 nitrogen and oxygen atoms in total. The van der Waals surface area contributed by atoms with Gasteiger partial charge in [-0.2, -0.15) is 0 Å². The fraction of sp³-hybridized carbons (Fsp3) is 0.421. The van der Waals surface area contributed by atoms with Gasteiger partial charge in [0.15, 0.2) is 5.96 Å². The number of aryl methyl sites for hydroxylation is 1. The van der Waals surface area contributed by atoms with E-state index in [1.54, 1.807) is 11.3 Å². The SMILES string of the molecule is CCNC(=NCC(=O)N1CCc2ccccc21)NCc1ncc(CC)s1.I. The maximum absolute atomic E-state index is 12.6. The number of aromatic nitrogens is 1. The molecule has 2 heterocycles. The Morgan fingerprint density at radius 2 is 2.11 bits per heavy atom. The number of hydrogen-bond acceptors (Lipinski definition) is 4. The van der Waals surface area contributed by atoms with E-state index in [0.717, 1.165) is 36.6 Å². The van der Waals surface area contributed by atoms with Gasteiger partial charge in [0.25, 0.3) is 0 Å². The van der Waals surface area contributed by atoms with Gasteiger partial charge in [-0.05, 0) is 31.4 Å². The Bertz CT molecular complexity index is 792. The van der Waals surface area contributed by atoms with Gasteiger partial charge in [-0.15, -0.1) is 35.3 Å². The number of carbonyl (C=O) groups is 1. The summed E-state index contributed by atoms with van der Waals surface area (Å²) >= 11 is 1.70. The predicted molar refractivity (Wildman–Crippen MR) is 122 cm³/mol. The molecule has 3 rings (SSSR count). The van der Waals surface area contributed by atoms with Crippen molar-refractivity contribution in [3.05, 3.63) is 45.9 Å². The van der Waals surface area contributed by atoms with Crippen LogP contribution >= 0.6 is 35.3 Å². The van der Waals surface area contributed by atoms with Crippen molar-refractivity contribution in [2.24, 2.45) is 4.99 Å². The summed E-state index contributed by atoms with van der Waals surface area (Å²) < 4.78 is 0. The zero-order chi connectivity index (χ0) is 18.4. The molecule has 0 fully saturated rings. The molecule has 146 valence electrons. The molecule has 8 heteroatoms. The lowest BCUT2D eigenvalue weighted by Gasteiger charge is -2.16. The summed E-state index contributed by atoms with van der Waals surface area (Å²) in [6.07, 6.45) is 3.82. The van der Waals surface area contributed by atoms with Crippen molar-refractivity contribution in [1.29, 1.82) is 0 Å². The Labute approximate surface area is 181 Å². The summed E-state index contributed by atoms with van der Waals surface area (Å²) in [6.45, 7) is 6.34. The van der Waals surface area contributed by atoms with Gasteiger partial charge < -0.3 is 15.5 Å². The molecule has 0 saturated carbocycles. The first-order chi connectivity index (χ1) is 12.7. The lowest BCUT2D eigenvalue weighted by Crippen LogP contribution is -2.38. The lowest BCUT2D eigenvalue weighted by molar-refractivity contribution is -0.117. The predicted octanol–water partition coefficient (Wildman–Crippen LogP) is 2.97. The Balaban J connectivity index is 0.00000261. The average molecular weight is 499 g/mol. The van der Waals surface area contributed by atoms with Gasteiger partial charge in [0.05, 0.1) is 6.54 Å². The maximum atomic E-state index is 12.6. The van der Waals surface area contributed by atoms with Crippen LogP contribution in [0.2, 0.25) is 0 Å². The van der Waals surface area contributed by atoms with E-state index in [1.807, 2.05) is 36.2 Å². The van der Waals surface area contributed by atoms with E-state index in [-0.39, 0.29) is 36.4 Å². The highest BCUT2D eigenvalue weighted by Gasteiger charge is 2.23. The Morgan fingerprint density at radius 3 is 2.85 bits per heavy atom. The zero-order valence-electron chi connectivity index (χ0n) is 15.7. The van der Waals surface area contributed by atoms with Gasteiger partial charge >= 0.3 is 0 Å². The van der Waals surface area contributed by atoms with Crippen LogP contribution in [0.3, 0.4) is 0 Å². The molecule has 1 aliphatic heterocycles. The number of guanidine groups is 1. The minimum absolute atomic E-state index is 0. The Hall–Kier alpha value is -1.68. The Kier molecular flexibility index (Phi) is 8.49. The molecule has 27 heavy (non-hydrogen) atoms. The van der Waals surface area contributed by atoms with Crippen molar-refractivity contribution in [1.82, 2.24) is 15.6 Å². The molecule has 1 aromatic heterocycles. The van der Waals surface area contributed by atoms with Gasteiger partial charge in [0.1, 0.15) is 11.6 Å². The van der Waals surface area contributed by atoms with Crippen LogP contribution in [0.25, 0.3) is 0 Å². The van der Waals surface area contributed by atoms with Crippen molar-refractivity contribution in [3.63, 3.8) is 0 Å². The van der Waals surface area contributed by atoms with E-state index in [2.05, 4.69) is 33.6 Å². The third-order valence-electron chi connectivity index (χ3n) is 4.26. The topological polar surface area (TPSA) is 69.6 Å². The van der Waals surface area contributed by atoms with Gasteiger partial charge in [-0.25, -0.2) is 9.98 Å². The normalized spacial score (nSPS) is 13.1. The number of nitrogens with zero attached hydrogens (tertiary/aromatic N) is 3. The molecule has 1 amide bonds. The number of thiazole rings is 1. The number of halogens is 1. The molecule has 2 aromatic rings. The molecular formula is C19H26IN5OS. The van der Waals surface area contributed by atoms with E-state index in [0.29, 0.717) is 12.5 Å². The number of rotatable bonds is 6. The molecular weight excluding hydrogens is 473 g/mol. The molecule has 1 aromatic carbocycles. The number of anilines is 1. The minimum atomic E-state index is 0. The second-order valence-electron chi connectivity index (χ2n) is 6.05. The third-order valence-corrected chi connectivity index (χ3v) is 5.40. The first-order valence-corrected chi connectivity index (χ1v) is 9.87. The van der Waals surface area contributed by atoms with E-state index in [4.69, 9.17) is 0 Å². The van der Waals surface area contributed by atoms with E-state index >= 15 is 0 Å². The summed E-state index contributed by atoms with van der Waals surface area (Å²) in [5.41, 5.74) is 2.24. The largest absolute Gasteiger partial charge is 0.357 e. The molecule has 0 aliphatic carbocycles. The van der Waals surface area contributed by atoms with Crippen LogP contribution in [0.1, 0.15) is 29.3 Å². The van der Waals surface area contributed by atoms with Crippen LogP contribution in [0, 0.1) is 0 Å². The Morgan fingerprint density at radius 1 is 1.30 bits per heavy atom. The molecule has 0 bridgehead atoms. The standard InChI is InChI=1S/C19H25N5OS.HI/c1-3-15-11-21-17(26-15)12-22-19(20-4-2)23-13-18(25)24-10-9-14-7-5-6-8-16(14)24;/h5-8,11H,3-4,9-10,12-13H2,1-2H3,(H2,20,22,23);1H. The van der Waals surface area contributed by atoms with Crippen molar-refractivity contribution < 1.29 is 4.79 Å². The summed E-state index contributed by atoms with van der Waals surface area (Å²) in [5.74, 6) is 0.663. The fourth-order valence-electron chi connectivity index (χ4n) is 2.92. The van der Waals surface area contributed by atoms with Gasteiger partial charge in [0, 0.05) is 29.9 Å². The molecule has 0 radical (unpaired) electrons. The lowest BCUT2D eigenvalue weighted by atomic mass is 10.2. The van der Waals surface area contributed by atoms with Crippen molar-refractivity contribution >= 4 is 52.9 Å². The smallest absolute Gasteiger partial charge is 0.248 e. The average Bonchev–Trinajstić information content (AvgIpc) is 3.30. The third kappa shape index (κ3) is 5.65. The number of para-hydroxylation sites is 1. The molecule has 0 saturated heterocycles. The highest BCUT2D eigenvalue weighted by atomic mass is 127. The second kappa shape index (κ2) is 10.6. The van der Waals surface area contributed by atoms with E-state index in [9.17, 15) is 4.79 Å².